The second-order valence-electron chi connectivity index (χ2n) is 9.31. The molecule has 0 radical (unpaired) electrons. The van der Waals surface area contributed by atoms with Crippen LogP contribution in [0.25, 0.3) is 21.5 Å². The van der Waals surface area contributed by atoms with Crippen LogP contribution in [0.15, 0.2) is 97.1 Å². The lowest BCUT2D eigenvalue weighted by Crippen LogP contribution is -2.17. The average Bonchev–Trinajstić information content (AvgIpc) is 3.43. The Labute approximate surface area is 181 Å². The van der Waals surface area contributed by atoms with E-state index in [1.807, 2.05) is 0 Å². The molecule has 148 valence electrons. The van der Waals surface area contributed by atoms with E-state index >= 15 is 0 Å². The minimum absolute atomic E-state index is 0.332. The molecule has 6 rings (SSSR count). The number of fused-ring (bicyclic) bond motifs is 4. The molecule has 3 atom stereocenters. The van der Waals surface area contributed by atoms with Gasteiger partial charge in [-0.1, -0.05) is 103 Å². The molecule has 4 aromatic rings. The van der Waals surface area contributed by atoms with Crippen LogP contribution in [0.5, 0.6) is 0 Å². The fourth-order valence-corrected chi connectivity index (χ4v) is 8.95. The van der Waals surface area contributed by atoms with Crippen LogP contribution < -0.4 is 0 Å². The van der Waals surface area contributed by atoms with Crippen LogP contribution in [0.2, 0.25) is 6.04 Å². The monoisotopic (exact) mass is 404 g/mol. The van der Waals surface area contributed by atoms with Crippen molar-refractivity contribution < 1.29 is 0 Å². The van der Waals surface area contributed by atoms with Gasteiger partial charge in [0.05, 0.1) is 0 Å². The first kappa shape index (κ1) is 18.2. The van der Waals surface area contributed by atoms with Crippen molar-refractivity contribution in [1.29, 1.82) is 0 Å². The molecule has 0 spiro atoms. The third-order valence-corrected chi connectivity index (χ3v) is 10.2. The van der Waals surface area contributed by atoms with Gasteiger partial charge < -0.3 is 0 Å². The number of benzene rings is 4. The van der Waals surface area contributed by atoms with E-state index in [2.05, 4.69) is 97.1 Å². The van der Waals surface area contributed by atoms with Crippen molar-refractivity contribution in [2.45, 2.75) is 24.4 Å². The van der Waals surface area contributed by atoms with E-state index in [1.54, 1.807) is 11.1 Å². The molecule has 4 aromatic carbocycles. The Morgan fingerprint density at radius 1 is 0.667 bits per heavy atom. The molecule has 0 saturated heterocycles. The van der Waals surface area contributed by atoms with E-state index in [9.17, 15) is 0 Å². The van der Waals surface area contributed by atoms with Crippen molar-refractivity contribution in [3.63, 3.8) is 0 Å². The Bertz CT molecular complexity index is 1150. The summed E-state index contributed by atoms with van der Waals surface area (Å²) >= 11 is 0. The Morgan fingerprint density at radius 2 is 1.27 bits per heavy atom. The number of rotatable bonds is 5. The maximum Gasteiger partial charge on any atom is 0.0346 e. The molecule has 1 fully saturated rings. The van der Waals surface area contributed by atoms with Gasteiger partial charge in [-0.25, -0.2) is 0 Å². The maximum atomic E-state index is 2.53. The molecule has 1 saturated carbocycles. The zero-order valence-corrected chi connectivity index (χ0v) is 18.8. The number of hydrogen-bond donors (Lipinski definition) is 0. The highest BCUT2D eigenvalue weighted by atomic mass is 28.2. The first-order chi connectivity index (χ1) is 14.9. The minimum atomic E-state index is -0.332. The molecule has 0 nitrogen and oxygen atoms in total. The summed E-state index contributed by atoms with van der Waals surface area (Å²) in [5.74, 6) is 2.67. The lowest BCUT2D eigenvalue weighted by Gasteiger charge is -2.25. The molecule has 0 N–H and O–H groups in total. The van der Waals surface area contributed by atoms with Gasteiger partial charge in [0, 0.05) is 9.52 Å². The van der Waals surface area contributed by atoms with Crippen molar-refractivity contribution in [3.8, 4) is 0 Å². The minimum Gasteiger partial charge on any atom is -0.0851 e. The van der Waals surface area contributed by atoms with Crippen LogP contribution in [-0.2, 0) is 0 Å². The second-order valence-corrected chi connectivity index (χ2v) is 11.3. The maximum absolute atomic E-state index is 2.53. The van der Waals surface area contributed by atoms with E-state index in [-0.39, 0.29) is 9.52 Å². The van der Waals surface area contributed by atoms with Gasteiger partial charge >= 0.3 is 0 Å². The lowest BCUT2D eigenvalue weighted by molar-refractivity contribution is 0.490. The standard InChI is InChI=1S/C29H28Si/c1-3-11-25-21(7-1)9-5-13-27(25)29(30-19-24-18-20-15-16-23(24)17-20)28-14-6-10-22-8-2-4-12-26(22)28/h1-16,20,23-24,29H,17-19,30H2. The number of allylic oxidation sites excluding steroid dienone is 2. The smallest absolute Gasteiger partial charge is 0.0346 e. The van der Waals surface area contributed by atoms with Crippen LogP contribution >= 0.6 is 0 Å². The molecule has 0 aromatic heterocycles. The van der Waals surface area contributed by atoms with Gasteiger partial charge in [-0.05, 0) is 68.8 Å². The highest BCUT2D eigenvalue weighted by Gasteiger charge is 2.35. The third kappa shape index (κ3) is 3.13. The van der Waals surface area contributed by atoms with Crippen molar-refractivity contribution in [2.24, 2.45) is 17.8 Å². The van der Waals surface area contributed by atoms with E-state index in [4.69, 9.17) is 0 Å². The molecule has 2 aliphatic carbocycles. The van der Waals surface area contributed by atoms with Crippen molar-refractivity contribution in [3.05, 3.63) is 108 Å². The number of hydrogen-bond acceptors (Lipinski definition) is 0. The van der Waals surface area contributed by atoms with Crippen molar-refractivity contribution >= 4 is 31.1 Å². The van der Waals surface area contributed by atoms with Gasteiger partial charge in [0.1, 0.15) is 0 Å². The van der Waals surface area contributed by atoms with Crippen molar-refractivity contribution in [2.75, 3.05) is 0 Å². The van der Waals surface area contributed by atoms with Crippen LogP contribution in [0.3, 0.4) is 0 Å². The third-order valence-electron chi connectivity index (χ3n) is 7.64. The highest BCUT2D eigenvalue weighted by Crippen LogP contribution is 2.46. The van der Waals surface area contributed by atoms with Crippen LogP contribution in [0.1, 0.15) is 29.5 Å². The molecule has 0 aliphatic heterocycles. The molecule has 0 heterocycles. The normalized spacial score (nSPS) is 22.9. The second kappa shape index (κ2) is 7.56. The first-order valence-corrected chi connectivity index (χ1v) is 13.3. The van der Waals surface area contributed by atoms with E-state index in [0.717, 1.165) is 17.8 Å². The van der Waals surface area contributed by atoms with Crippen molar-refractivity contribution in [1.82, 2.24) is 0 Å². The molecule has 3 unspecified atom stereocenters. The fraction of sp³-hybridized carbons (Fsp3) is 0.241. The zero-order chi connectivity index (χ0) is 19.9. The summed E-state index contributed by atoms with van der Waals surface area (Å²) < 4.78 is 0. The molecule has 30 heavy (non-hydrogen) atoms. The fourth-order valence-electron chi connectivity index (χ4n) is 6.19. The van der Waals surface area contributed by atoms with E-state index in [0.29, 0.717) is 5.54 Å². The topological polar surface area (TPSA) is 0 Å². The first-order valence-electron chi connectivity index (χ1n) is 11.5. The quantitative estimate of drug-likeness (QED) is 0.251. The summed E-state index contributed by atoms with van der Waals surface area (Å²) in [7, 11) is -0.332. The predicted octanol–water partition coefficient (Wildman–Crippen LogP) is 6.88. The summed E-state index contributed by atoms with van der Waals surface area (Å²) in [6.07, 6.45) is 7.87. The lowest BCUT2D eigenvalue weighted by atomic mass is 9.94. The zero-order valence-electron chi connectivity index (χ0n) is 17.4. The van der Waals surface area contributed by atoms with Gasteiger partial charge in [0.15, 0.2) is 0 Å². The SMILES string of the molecule is C1=CC2CC1CC2C[SiH2]C(c1cccc2ccccc12)c1cccc2ccccc12. The van der Waals surface area contributed by atoms with E-state index < -0.39 is 0 Å². The van der Waals surface area contributed by atoms with Crippen LogP contribution in [-0.4, -0.2) is 9.52 Å². The molecular formula is C29H28Si. The van der Waals surface area contributed by atoms with Gasteiger partial charge in [-0.15, -0.1) is 0 Å². The Kier molecular flexibility index (Phi) is 4.57. The van der Waals surface area contributed by atoms with Gasteiger partial charge in [-0.3, -0.25) is 0 Å². The van der Waals surface area contributed by atoms with Gasteiger partial charge in [-0.2, -0.15) is 0 Å². The summed E-state index contributed by atoms with van der Waals surface area (Å²) in [6, 6.07) is 33.3. The Balaban J connectivity index is 1.45. The Hall–Kier alpha value is -2.64. The molecule has 2 bridgehead atoms. The molecule has 0 amide bonds. The van der Waals surface area contributed by atoms with Gasteiger partial charge in [0.25, 0.3) is 0 Å². The highest BCUT2D eigenvalue weighted by molar-refractivity contribution is 6.40. The van der Waals surface area contributed by atoms with Crippen LogP contribution in [0, 0.1) is 17.8 Å². The average molecular weight is 405 g/mol. The summed E-state index contributed by atoms with van der Waals surface area (Å²) in [5.41, 5.74) is 3.68. The largest absolute Gasteiger partial charge is 0.0851 e. The van der Waals surface area contributed by atoms with E-state index in [1.165, 1.54) is 40.4 Å². The molecular weight excluding hydrogens is 376 g/mol. The predicted molar refractivity (Wildman–Crippen MR) is 132 cm³/mol. The molecule has 1 heteroatoms. The summed E-state index contributed by atoms with van der Waals surface area (Å²) in [5, 5.41) is 5.63. The van der Waals surface area contributed by atoms with Gasteiger partial charge in [0.2, 0.25) is 0 Å². The molecule has 2 aliphatic rings. The Morgan fingerprint density at radius 3 is 1.83 bits per heavy atom. The summed E-state index contributed by atoms with van der Waals surface area (Å²) in [6.45, 7) is 0. The summed E-state index contributed by atoms with van der Waals surface area (Å²) in [4.78, 5) is 0. The van der Waals surface area contributed by atoms with Crippen LogP contribution in [0.4, 0.5) is 0 Å².